The van der Waals surface area contributed by atoms with Gasteiger partial charge < -0.3 is 5.32 Å². The Hall–Kier alpha value is -0.590. The van der Waals surface area contributed by atoms with Crippen LogP contribution in [0, 0.1) is 16.7 Å². The van der Waals surface area contributed by atoms with Gasteiger partial charge in [0, 0.05) is 32.1 Å². The van der Waals surface area contributed by atoms with Gasteiger partial charge in [-0.3, -0.25) is 4.90 Å². The minimum atomic E-state index is 0.353. The highest BCUT2D eigenvalue weighted by Crippen LogP contribution is 2.47. The Balaban J connectivity index is 1.56. The summed E-state index contributed by atoms with van der Waals surface area (Å²) in [4.78, 5) is 2.57. The van der Waals surface area contributed by atoms with Gasteiger partial charge in [0.05, 0.1) is 6.07 Å². The minimum absolute atomic E-state index is 0.353. The SMILES string of the molecule is CCN(CCNCC1(CC#N)CC1)C1CC1. The molecule has 16 heavy (non-hydrogen) atoms. The molecule has 2 fully saturated rings. The molecule has 1 N–H and O–H groups in total. The summed E-state index contributed by atoms with van der Waals surface area (Å²) in [6.07, 6.45) is 6.01. The van der Waals surface area contributed by atoms with Gasteiger partial charge in [-0.2, -0.15) is 5.26 Å². The summed E-state index contributed by atoms with van der Waals surface area (Å²) < 4.78 is 0. The summed E-state index contributed by atoms with van der Waals surface area (Å²) >= 11 is 0. The van der Waals surface area contributed by atoms with Crippen LogP contribution >= 0.6 is 0 Å². The zero-order chi connectivity index (χ0) is 11.4. The van der Waals surface area contributed by atoms with Crippen molar-refractivity contribution < 1.29 is 0 Å². The first kappa shape index (κ1) is 11.9. The summed E-state index contributed by atoms with van der Waals surface area (Å²) in [5, 5.41) is 12.2. The molecule has 0 aromatic heterocycles. The van der Waals surface area contributed by atoms with E-state index < -0.39 is 0 Å². The zero-order valence-corrected chi connectivity index (χ0v) is 10.3. The van der Waals surface area contributed by atoms with Crippen molar-refractivity contribution in [2.75, 3.05) is 26.2 Å². The summed E-state index contributed by atoms with van der Waals surface area (Å²) in [5.74, 6) is 0. The Labute approximate surface area is 98.8 Å². The zero-order valence-electron chi connectivity index (χ0n) is 10.3. The Morgan fingerprint density at radius 1 is 1.44 bits per heavy atom. The van der Waals surface area contributed by atoms with E-state index in [1.807, 2.05) is 0 Å². The predicted molar refractivity (Wildman–Crippen MR) is 65.0 cm³/mol. The topological polar surface area (TPSA) is 39.1 Å². The number of nitrogens with zero attached hydrogens (tertiary/aromatic N) is 2. The second-order valence-electron chi connectivity index (χ2n) is 5.37. The predicted octanol–water partition coefficient (Wildman–Crippen LogP) is 1.75. The lowest BCUT2D eigenvalue weighted by molar-refractivity contribution is 0.273. The van der Waals surface area contributed by atoms with Crippen molar-refractivity contribution in [3.63, 3.8) is 0 Å². The van der Waals surface area contributed by atoms with Crippen LogP contribution in [-0.4, -0.2) is 37.1 Å². The van der Waals surface area contributed by atoms with Gasteiger partial charge in [-0.1, -0.05) is 6.92 Å². The molecule has 2 aliphatic rings. The van der Waals surface area contributed by atoms with Gasteiger partial charge in [-0.05, 0) is 37.6 Å². The smallest absolute Gasteiger partial charge is 0.0628 e. The fourth-order valence-electron chi connectivity index (χ4n) is 2.38. The number of likely N-dealkylation sites (N-methyl/N-ethyl adjacent to an activating group) is 1. The summed E-state index contributed by atoms with van der Waals surface area (Å²) in [6.45, 7) is 6.72. The van der Waals surface area contributed by atoms with Crippen molar-refractivity contribution in [1.29, 1.82) is 5.26 Å². The van der Waals surface area contributed by atoms with Gasteiger partial charge >= 0.3 is 0 Å². The van der Waals surface area contributed by atoms with Crippen LogP contribution in [0.4, 0.5) is 0 Å². The van der Waals surface area contributed by atoms with E-state index >= 15 is 0 Å². The second kappa shape index (κ2) is 5.16. The van der Waals surface area contributed by atoms with E-state index in [1.165, 1.54) is 38.8 Å². The molecule has 0 saturated heterocycles. The van der Waals surface area contributed by atoms with Crippen LogP contribution in [0.5, 0.6) is 0 Å². The van der Waals surface area contributed by atoms with E-state index in [4.69, 9.17) is 5.26 Å². The number of nitrogens with one attached hydrogen (secondary N) is 1. The van der Waals surface area contributed by atoms with Crippen molar-refractivity contribution in [2.45, 2.75) is 45.1 Å². The largest absolute Gasteiger partial charge is 0.315 e. The van der Waals surface area contributed by atoms with Crippen LogP contribution in [0.1, 0.15) is 39.0 Å². The van der Waals surface area contributed by atoms with Crippen LogP contribution in [0.25, 0.3) is 0 Å². The molecule has 0 heterocycles. The third-order valence-electron chi connectivity index (χ3n) is 3.96. The first-order valence-electron chi connectivity index (χ1n) is 6.61. The normalized spacial score (nSPS) is 22.1. The lowest BCUT2D eigenvalue weighted by Gasteiger charge is -2.20. The molecule has 3 nitrogen and oxygen atoms in total. The summed E-state index contributed by atoms with van der Waals surface area (Å²) in [5.41, 5.74) is 0.353. The van der Waals surface area contributed by atoms with Crippen molar-refractivity contribution in [1.82, 2.24) is 10.2 Å². The van der Waals surface area contributed by atoms with Gasteiger partial charge in [0.25, 0.3) is 0 Å². The molecule has 0 amide bonds. The van der Waals surface area contributed by atoms with Gasteiger partial charge in [0.15, 0.2) is 0 Å². The summed E-state index contributed by atoms with van der Waals surface area (Å²) in [7, 11) is 0. The molecule has 2 saturated carbocycles. The maximum atomic E-state index is 8.72. The molecular weight excluding hydrogens is 198 g/mol. The van der Waals surface area contributed by atoms with Crippen molar-refractivity contribution in [2.24, 2.45) is 5.41 Å². The molecular formula is C13H23N3. The van der Waals surface area contributed by atoms with Crippen LogP contribution in [-0.2, 0) is 0 Å². The molecule has 0 aliphatic heterocycles. The lowest BCUT2D eigenvalue weighted by atomic mass is 10.0. The van der Waals surface area contributed by atoms with Crippen molar-refractivity contribution in [3.05, 3.63) is 0 Å². The van der Waals surface area contributed by atoms with E-state index in [1.54, 1.807) is 0 Å². The van der Waals surface area contributed by atoms with Crippen LogP contribution in [0.15, 0.2) is 0 Å². The highest BCUT2D eigenvalue weighted by atomic mass is 15.2. The van der Waals surface area contributed by atoms with Crippen LogP contribution in [0.3, 0.4) is 0 Å². The molecule has 2 aliphatic carbocycles. The third-order valence-corrected chi connectivity index (χ3v) is 3.96. The molecule has 2 rings (SSSR count). The fourth-order valence-corrected chi connectivity index (χ4v) is 2.38. The second-order valence-corrected chi connectivity index (χ2v) is 5.37. The quantitative estimate of drug-likeness (QED) is 0.635. The molecule has 0 aromatic carbocycles. The Kier molecular flexibility index (Phi) is 3.83. The number of nitriles is 1. The Morgan fingerprint density at radius 2 is 2.19 bits per heavy atom. The van der Waals surface area contributed by atoms with E-state index in [0.717, 1.165) is 25.6 Å². The maximum Gasteiger partial charge on any atom is 0.0628 e. The van der Waals surface area contributed by atoms with Gasteiger partial charge in [-0.15, -0.1) is 0 Å². The highest BCUT2D eigenvalue weighted by molar-refractivity contribution is 5.00. The standard InChI is InChI=1S/C13H23N3/c1-2-16(12-3-4-12)10-9-15-11-13(5-6-13)7-8-14/h12,15H,2-7,9-11H2,1H3. The van der Waals surface area contributed by atoms with E-state index in [2.05, 4.69) is 23.2 Å². The third kappa shape index (κ3) is 3.20. The van der Waals surface area contributed by atoms with E-state index in [0.29, 0.717) is 5.41 Å². The fraction of sp³-hybridized carbons (Fsp3) is 0.923. The van der Waals surface area contributed by atoms with Crippen molar-refractivity contribution >= 4 is 0 Å². The lowest BCUT2D eigenvalue weighted by Crippen LogP contribution is -2.35. The van der Waals surface area contributed by atoms with Crippen molar-refractivity contribution in [3.8, 4) is 6.07 Å². The molecule has 0 radical (unpaired) electrons. The van der Waals surface area contributed by atoms with Gasteiger partial charge in [-0.25, -0.2) is 0 Å². The first-order valence-corrected chi connectivity index (χ1v) is 6.61. The van der Waals surface area contributed by atoms with E-state index in [9.17, 15) is 0 Å². The molecule has 0 spiro atoms. The van der Waals surface area contributed by atoms with Gasteiger partial charge in [0.1, 0.15) is 0 Å². The number of rotatable bonds is 8. The van der Waals surface area contributed by atoms with Gasteiger partial charge in [0.2, 0.25) is 0 Å². The molecule has 0 aromatic rings. The minimum Gasteiger partial charge on any atom is -0.315 e. The monoisotopic (exact) mass is 221 g/mol. The molecule has 3 heteroatoms. The molecule has 0 unspecified atom stereocenters. The summed E-state index contributed by atoms with van der Waals surface area (Å²) in [6, 6.07) is 3.18. The molecule has 0 atom stereocenters. The van der Waals surface area contributed by atoms with Crippen LogP contribution in [0.2, 0.25) is 0 Å². The number of hydrogen-bond acceptors (Lipinski definition) is 3. The maximum absolute atomic E-state index is 8.72. The Morgan fingerprint density at radius 3 is 2.69 bits per heavy atom. The van der Waals surface area contributed by atoms with E-state index in [-0.39, 0.29) is 0 Å². The average molecular weight is 221 g/mol. The highest BCUT2D eigenvalue weighted by Gasteiger charge is 2.41. The number of hydrogen-bond donors (Lipinski definition) is 1. The average Bonchev–Trinajstić information content (AvgIpc) is 3.13. The molecule has 90 valence electrons. The van der Waals surface area contributed by atoms with Crippen LogP contribution < -0.4 is 5.32 Å². The first-order chi connectivity index (χ1) is 7.79. The Bertz CT molecular complexity index is 261. The molecule has 0 bridgehead atoms.